The first kappa shape index (κ1) is 26.8. The van der Waals surface area contributed by atoms with E-state index in [9.17, 15) is 9.90 Å². The second kappa shape index (κ2) is 11.0. The van der Waals surface area contributed by atoms with E-state index in [1.54, 1.807) is 4.52 Å². The number of hydrogen-bond donors (Lipinski definition) is 1. The molecule has 0 spiro atoms. The lowest BCUT2D eigenvalue weighted by Gasteiger charge is -2.43. The van der Waals surface area contributed by atoms with Crippen LogP contribution in [0.1, 0.15) is 70.2 Å². The minimum atomic E-state index is -1.16. The molecule has 8 nitrogen and oxygen atoms in total. The summed E-state index contributed by atoms with van der Waals surface area (Å²) in [6, 6.07) is 9.81. The zero-order valence-corrected chi connectivity index (χ0v) is 22.5. The predicted octanol–water partition coefficient (Wildman–Crippen LogP) is 5.86. The maximum atomic E-state index is 12.5. The molecule has 1 N–H and O–H groups in total. The second-order valence-corrected chi connectivity index (χ2v) is 10.9. The Kier molecular flexibility index (Phi) is 7.97. The normalized spacial score (nSPS) is 20.6. The van der Waals surface area contributed by atoms with E-state index < -0.39 is 17.7 Å². The Balaban J connectivity index is 0.00000156. The molecule has 3 aromatic rings. The van der Waals surface area contributed by atoms with Gasteiger partial charge >= 0.3 is 5.97 Å². The van der Waals surface area contributed by atoms with Crippen molar-refractivity contribution in [2.75, 3.05) is 18.0 Å². The number of piperidine rings is 1. The van der Waals surface area contributed by atoms with Crippen molar-refractivity contribution >= 4 is 17.6 Å². The monoisotopic (exact) mass is 505 g/mol. The summed E-state index contributed by atoms with van der Waals surface area (Å²) in [6.07, 6.45) is 5.04. The van der Waals surface area contributed by atoms with Crippen molar-refractivity contribution in [1.82, 2.24) is 19.6 Å². The van der Waals surface area contributed by atoms with Gasteiger partial charge in [0.25, 0.3) is 5.78 Å². The van der Waals surface area contributed by atoms with E-state index in [0.717, 1.165) is 36.8 Å². The molecule has 198 valence electrons. The van der Waals surface area contributed by atoms with Crippen LogP contribution in [-0.4, -0.2) is 49.3 Å². The van der Waals surface area contributed by atoms with E-state index >= 15 is 0 Å². The molecule has 0 radical (unpaired) electrons. The van der Waals surface area contributed by atoms with E-state index in [1.165, 1.54) is 25.7 Å². The van der Waals surface area contributed by atoms with Crippen molar-refractivity contribution in [3.63, 3.8) is 0 Å². The standard InChI is InChI=1S/C27H35N5O3.C2H4/c1-17-21(22(25(33)34)35-27(2,3)4)24(31-15-14-18-10-8-9-13-20(18)16-31)32-26(28-17)29-23(30-32)19-11-6-5-7-12-19;1-2/h5-7,11-12,18,20,22H,8-10,13-16H2,1-4H3,(H,33,34);1-2H2/t18?,20-,22?;/m1./s1. The highest BCUT2D eigenvalue weighted by atomic mass is 16.5. The number of hydrogen-bond acceptors (Lipinski definition) is 6. The Hall–Kier alpha value is -3.26. The molecule has 37 heavy (non-hydrogen) atoms. The first-order valence-corrected chi connectivity index (χ1v) is 13.2. The molecule has 5 rings (SSSR count). The zero-order valence-electron chi connectivity index (χ0n) is 22.5. The number of benzene rings is 1. The third-order valence-corrected chi connectivity index (χ3v) is 7.27. The van der Waals surface area contributed by atoms with Gasteiger partial charge in [-0.15, -0.1) is 18.3 Å². The third kappa shape index (κ3) is 5.69. The molecule has 0 amide bonds. The summed E-state index contributed by atoms with van der Waals surface area (Å²) in [5.74, 6) is 2.14. The number of fused-ring (bicyclic) bond motifs is 2. The summed E-state index contributed by atoms with van der Waals surface area (Å²) < 4.78 is 7.86. The van der Waals surface area contributed by atoms with Crippen LogP contribution in [0.15, 0.2) is 43.5 Å². The zero-order chi connectivity index (χ0) is 26.7. The molecule has 8 heteroatoms. The van der Waals surface area contributed by atoms with Gasteiger partial charge in [-0.2, -0.15) is 9.50 Å². The number of aliphatic carboxylic acids is 1. The molecule has 2 aliphatic rings. The number of ether oxygens (including phenoxy) is 1. The van der Waals surface area contributed by atoms with Gasteiger partial charge in [-0.3, -0.25) is 0 Å². The fourth-order valence-electron chi connectivity index (χ4n) is 5.70. The highest BCUT2D eigenvalue weighted by Gasteiger charge is 2.38. The smallest absolute Gasteiger partial charge is 0.337 e. The molecular formula is C29H39N5O3. The van der Waals surface area contributed by atoms with Crippen LogP contribution in [-0.2, 0) is 9.53 Å². The molecule has 1 saturated heterocycles. The molecule has 1 aromatic carbocycles. The quantitative estimate of drug-likeness (QED) is 0.434. The van der Waals surface area contributed by atoms with Gasteiger partial charge in [0.15, 0.2) is 11.9 Å². The van der Waals surface area contributed by atoms with Crippen LogP contribution in [0.2, 0.25) is 0 Å². The molecule has 1 saturated carbocycles. The van der Waals surface area contributed by atoms with Crippen molar-refractivity contribution in [2.24, 2.45) is 11.8 Å². The molecular weight excluding hydrogens is 466 g/mol. The molecule has 3 atom stereocenters. The number of anilines is 1. The van der Waals surface area contributed by atoms with Gasteiger partial charge in [0, 0.05) is 18.7 Å². The van der Waals surface area contributed by atoms with Crippen LogP contribution in [0.5, 0.6) is 0 Å². The fraction of sp³-hybridized carbons (Fsp3) is 0.517. The summed E-state index contributed by atoms with van der Waals surface area (Å²) in [7, 11) is 0. The van der Waals surface area contributed by atoms with Gasteiger partial charge in [-0.25, -0.2) is 9.78 Å². The SMILES string of the molecule is C=C.Cc1nc2nc(-c3ccccc3)nn2c(N2CCC3CCCC[C@@H]3C2)c1C(OC(C)(C)C)C(=O)O. The van der Waals surface area contributed by atoms with Crippen LogP contribution >= 0.6 is 0 Å². The van der Waals surface area contributed by atoms with Gasteiger partial charge in [0.05, 0.1) is 16.9 Å². The van der Waals surface area contributed by atoms with Gasteiger partial charge in [-0.1, -0.05) is 49.6 Å². The summed E-state index contributed by atoms with van der Waals surface area (Å²) in [5, 5.41) is 15.1. The topological polar surface area (TPSA) is 92.9 Å². The Labute approximate surface area is 219 Å². The Morgan fingerprint density at radius 1 is 1.08 bits per heavy atom. The van der Waals surface area contributed by atoms with Crippen molar-refractivity contribution in [1.29, 1.82) is 0 Å². The molecule has 2 unspecified atom stereocenters. The van der Waals surface area contributed by atoms with Crippen molar-refractivity contribution < 1.29 is 14.6 Å². The minimum absolute atomic E-state index is 0.478. The molecule has 1 aliphatic heterocycles. The number of carbonyl (C=O) groups is 1. The predicted molar refractivity (Wildman–Crippen MR) is 146 cm³/mol. The molecule has 2 aromatic heterocycles. The van der Waals surface area contributed by atoms with Crippen molar-refractivity contribution in [2.45, 2.75) is 71.5 Å². The van der Waals surface area contributed by atoms with E-state index in [0.29, 0.717) is 28.8 Å². The first-order valence-electron chi connectivity index (χ1n) is 13.2. The second-order valence-electron chi connectivity index (χ2n) is 10.9. The average Bonchev–Trinajstić information content (AvgIpc) is 3.31. The van der Waals surface area contributed by atoms with Crippen molar-refractivity contribution in [3.05, 3.63) is 54.7 Å². The highest BCUT2D eigenvalue weighted by molar-refractivity contribution is 5.78. The van der Waals surface area contributed by atoms with Crippen LogP contribution in [0.4, 0.5) is 5.82 Å². The van der Waals surface area contributed by atoms with E-state index in [1.807, 2.05) is 58.0 Å². The van der Waals surface area contributed by atoms with Gasteiger partial charge in [-0.05, 0) is 52.4 Å². The highest BCUT2D eigenvalue weighted by Crippen LogP contribution is 2.41. The summed E-state index contributed by atoms with van der Waals surface area (Å²) in [5.41, 5.74) is 1.44. The van der Waals surface area contributed by atoms with E-state index in [-0.39, 0.29) is 0 Å². The van der Waals surface area contributed by atoms with Crippen LogP contribution in [0, 0.1) is 18.8 Å². The third-order valence-electron chi connectivity index (χ3n) is 7.27. The number of aromatic nitrogens is 4. The molecule has 2 fully saturated rings. The van der Waals surface area contributed by atoms with Crippen LogP contribution < -0.4 is 4.90 Å². The van der Waals surface area contributed by atoms with Gasteiger partial charge in [0.1, 0.15) is 5.82 Å². The number of carboxylic acid groups (broad SMARTS) is 1. The Morgan fingerprint density at radius 2 is 1.76 bits per heavy atom. The van der Waals surface area contributed by atoms with Crippen LogP contribution in [0.25, 0.3) is 17.2 Å². The Bertz CT molecular complexity index is 1230. The maximum Gasteiger partial charge on any atom is 0.337 e. The lowest BCUT2D eigenvalue weighted by Crippen LogP contribution is -2.43. The molecule has 3 heterocycles. The summed E-state index contributed by atoms with van der Waals surface area (Å²) in [6.45, 7) is 15.2. The van der Waals surface area contributed by atoms with E-state index in [2.05, 4.69) is 18.1 Å². The Morgan fingerprint density at radius 3 is 2.41 bits per heavy atom. The molecule has 0 bridgehead atoms. The lowest BCUT2D eigenvalue weighted by atomic mass is 9.75. The maximum absolute atomic E-state index is 12.5. The van der Waals surface area contributed by atoms with E-state index in [4.69, 9.17) is 19.8 Å². The average molecular weight is 506 g/mol. The van der Waals surface area contributed by atoms with Crippen molar-refractivity contribution in [3.8, 4) is 11.4 Å². The fourth-order valence-corrected chi connectivity index (χ4v) is 5.70. The minimum Gasteiger partial charge on any atom is -0.479 e. The largest absolute Gasteiger partial charge is 0.479 e. The number of carboxylic acids is 1. The van der Waals surface area contributed by atoms with Gasteiger partial charge < -0.3 is 14.7 Å². The summed E-state index contributed by atoms with van der Waals surface area (Å²) in [4.78, 5) is 24.3. The van der Waals surface area contributed by atoms with Gasteiger partial charge in [0.2, 0.25) is 0 Å². The number of aryl methyl sites for hydroxylation is 1. The lowest BCUT2D eigenvalue weighted by molar-refractivity contribution is -0.160. The first-order chi connectivity index (χ1) is 17.7. The van der Waals surface area contributed by atoms with Crippen LogP contribution in [0.3, 0.4) is 0 Å². The molecule has 1 aliphatic carbocycles. The number of rotatable bonds is 5. The number of nitrogens with zero attached hydrogens (tertiary/aromatic N) is 5. The summed E-state index contributed by atoms with van der Waals surface area (Å²) >= 11 is 0.